The summed E-state index contributed by atoms with van der Waals surface area (Å²) in [5, 5.41) is 9.74. The molecule has 0 bridgehead atoms. The molecule has 0 saturated heterocycles. The molecule has 4 rings (SSSR count). The first-order valence-corrected chi connectivity index (χ1v) is 10.3. The largest absolute Gasteiger partial charge is 0.489 e. The van der Waals surface area contributed by atoms with Crippen molar-refractivity contribution >= 4 is 33.4 Å². The number of ether oxygens (including phenoxy) is 1. The number of nitrogens with one attached hydrogen (secondary N) is 2. The van der Waals surface area contributed by atoms with E-state index in [0.717, 1.165) is 15.7 Å². The third kappa shape index (κ3) is 4.23. The molecule has 0 unspecified atom stereocenters. The van der Waals surface area contributed by atoms with Gasteiger partial charge in [-0.3, -0.25) is 14.7 Å². The number of rotatable bonds is 4. The number of halogens is 1. The predicted molar refractivity (Wildman–Crippen MR) is 117 cm³/mol. The van der Waals surface area contributed by atoms with Gasteiger partial charge in [0.2, 0.25) is 0 Å². The van der Waals surface area contributed by atoms with E-state index in [4.69, 9.17) is 4.74 Å². The van der Waals surface area contributed by atoms with Crippen LogP contribution < -0.4 is 15.0 Å². The molecule has 0 aliphatic carbocycles. The number of anilines is 1. The van der Waals surface area contributed by atoms with Crippen LogP contribution in [0.1, 0.15) is 27.3 Å². The number of benzene rings is 2. The lowest BCUT2D eigenvalue weighted by atomic mass is 10.1. The first-order chi connectivity index (χ1) is 14.4. The van der Waals surface area contributed by atoms with E-state index in [2.05, 4.69) is 31.4 Å². The molecule has 3 aromatic rings. The highest BCUT2D eigenvalue weighted by Crippen LogP contribution is 2.33. The average Bonchev–Trinajstić information content (AvgIpc) is 3.17. The van der Waals surface area contributed by atoms with Crippen molar-refractivity contribution < 1.29 is 14.3 Å². The van der Waals surface area contributed by atoms with Crippen LogP contribution in [0.5, 0.6) is 5.75 Å². The molecule has 0 saturated carbocycles. The second-order valence-corrected chi connectivity index (χ2v) is 8.20. The number of carbonyl (C=O) groups is 2. The summed E-state index contributed by atoms with van der Waals surface area (Å²) in [6, 6.07) is 14.5. The minimum atomic E-state index is -0.814. The van der Waals surface area contributed by atoms with E-state index in [-0.39, 0.29) is 18.2 Å². The van der Waals surface area contributed by atoms with Crippen LogP contribution >= 0.6 is 15.9 Å². The van der Waals surface area contributed by atoms with Crippen molar-refractivity contribution in [1.29, 1.82) is 0 Å². The summed E-state index contributed by atoms with van der Waals surface area (Å²) in [6.07, 6.45) is 0.638. The highest BCUT2D eigenvalue weighted by Gasteiger charge is 2.31. The Morgan fingerprint density at radius 3 is 2.80 bits per heavy atom. The number of hydrogen-bond acceptors (Lipinski definition) is 4. The Morgan fingerprint density at radius 1 is 1.27 bits per heavy atom. The Morgan fingerprint density at radius 2 is 2.03 bits per heavy atom. The maximum atomic E-state index is 12.8. The first-order valence-electron chi connectivity index (χ1n) is 9.51. The minimum absolute atomic E-state index is 0.0458. The van der Waals surface area contributed by atoms with Crippen molar-refractivity contribution in [3.05, 3.63) is 75.5 Å². The van der Waals surface area contributed by atoms with Crippen molar-refractivity contribution in [1.82, 2.24) is 15.5 Å². The van der Waals surface area contributed by atoms with Gasteiger partial charge in [0.1, 0.15) is 24.1 Å². The minimum Gasteiger partial charge on any atom is -0.489 e. The van der Waals surface area contributed by atoms with Crippen molar-refractivity contribution in [3.63, 3.8) is 0 Å². The lowest BCUT2D eigenvalue weighted by Crippen LogP contribution is -2.49. The summed E-state index contributed by atoms with van der Waals surface area (Å²) >= 11 is 3.40. The van der Waals surface area contributed by atoms with Crippen molar-refractivity contribution in [2.24, 2.45) is 0 Å². The average molecular weight is 469 g/mol. The van der Waals surface area contributed by atoms with E-state index >= 15 is 0 Å². The molecule has 2 N–H and O–H groups in total. The quantitative estimate of drug-likeness (QED) is 0.615. The van der Waals surface area contributed by atoms with E-state index in [9.17, 15) is 9.59 Å². The van der Waals surface area contributed by atoms with Gasteiger partial charge in [0, 0.05) is 23.6 Å². The Labute approximate surface area is 182 Å². The third-order valence-corrected chi connectivity index (χ3v) is 5.49. The Hall–Kier alpha value is -3.13. The molecular formula is C22H21BrN4O3. The van der Waals surface area contributed by atoms with Gasteiger partial charge in [0.25, 0.3) is 11.8 Å². The second-order valence-electron chi connectivity index (χ2n) is 7.29. The SMILES string of the molecule is Cc1ccc(Cc2cc(C(=O)N[C@@H]3COc4ccc(Br)cc4N(C)C3=O)n[nH]2)cc1. The number of amides is 2. The number of nitrogens with zero attached hydrogens (tertiary/aromatic N) is 2. The summed E-state index contributed by atoms with van der Waals surface area (Å²) in [5.41, 5.74) is 4.01. The fourth-order valence-electron chi connectivity index (χ4n) is 3.30. The zero-order valence-electron chi connectivity index (χ0n) is 16.6. The molecule has 1 aliphatic rings. The van der Waals surface area contributed by atoms with Gasteiger partial charge in [-0.15, -0.1) is 0 Å². The number of aryl methyl sites for hydroxylation is 1. The van der Waals surface area contributed by atoms with E-state index in [0.29, 0.717) is 17.9 Å². The van der Waals surface area contributed by atoms with Crippen LogP contribution in [0.25, 0.3) is 0 Å². The molecule has 1 aliphatic heterocycles. The molecule has 0 fully saturated rings. The third-order valence-electron chi connectivity index (χ3n) is 5.00. The monoisotopic (exact) mass is 468 g/mol. The highest BCUT2D eigenvalue weighted by molar-refractivity contribution is 9.10. The normalized spacial score (nSPS) is 15.9. The van der Waals surface area contributed by atoms with Gasteiger partial charge >= 0.3 is 0 Å². The zero-order chi connectivity index (χ0) is 21.3. The maximum absolute atomic E-state index is 12.8. The summed E-state index contributed by atoms with van der Waals surface area (Å²) in [7, 11) is 1.66. The predicted octanol–water partition coefficient (Wildman–Crippen LogP) is 3.23. The van der Waals surface area contributed by atoms with Crippen LogP contribution in [0.15, 0.2) is 53.0 Å². The molecule has 8 heteroatoms. The molecule has 1 aromatic heterocycles. The molecule has 0 radical (unpaired) electrons. The molecule has 154 valence electrons. The topological polar surface area (TPSA) is 87.3 Å². The first kappa shape index (κ1) is 20.2. The molecular weight excluding hydrogens is 448 g/mol. The van der Waals surface area contributed by atoms with Crippen LogP contribution in [0, 0.1) is 6.92 Å². The van der Waals surface area contributed by atoms with Crippen molar-refractivity contribution in [3.8, 4) is 5.75 Å². The number of carbonyl (C=O) groups excluding carboxylic acids is 2. The lowest BCUT2D eigenvalue weighted by molar-refractivity contribution is -0.120. The van der Waals surface area contributed by atoms with Gasteiger partial charge < -0.3 is 15.0 Å². The van der Waals surface area contributed by atoms with Crippen LogP contribution in [0.2, 0.25) is 0 Å². The zero-order valence-corrected chi connectivity index (χ0v) is 18.2. The highest BCUT2D eigenvalue weighted by atomic mass is 79.9. The van der Waals surface area contributed by atoms with Gasteiger partial charge in [-0.25, -0.2) is 0 Å². The van der Waals surface area contributed by atoms with Gasteiger partial charge in [-0.2, -0.15) is 5.10 Å². The molecule has 7 nitrogen and oxygen atoms in total. The van der Waals surface area contributed by atoms with Crippen LogP contribution in [0.4, 0.5) is 5.69 Å². The fraction of sp³-hybridized carbons (Fsp3) is 0.227. The van der Waals surface area contributed by atoms with Gasteiger partial charge in [0.05, 0.1) is 5.69 Å². The van der Waals surface area contributed by atoms with Crippen LogP contribution in [-0.2, 0) is 11.2 Å². The van der Waals surface area contributed by atoms with Gasteiger partial charge in [-0.05, 0) is 36.8 Å². The number of likely N-dealkylation sites (N-methyl/N-ethyl adjacent to an activating group) is 1. The van der Waals surface area contributed by atoms with Gasteiger partial charge in [0.15, 0.2) is 0 Å². The van der Waals surface area contributed by atoms with Gasteiger partial charge in [-0.1, -0.05) is 45.8 Å². The van der Waals surface area contributed by atoms with E-state index < -0.39 is 11.9 Å². The second kappa shape index (κ2) is 8.31. The maximum Gasteiger partial charge on any atom is 0.272 e. The lowest BCUT2D eigenvalue weighted by Gasteiger charge is -2.20. The Bertz CT molecular complexity index is 1090. The Kier molecular flexibility index (Phi) is 5.59. The van der Waals surface area contributed by atoms with Crippen LogP contribution in [0.3, 0.4) is 0 Å². The number of fused-ring (bicyclic) bond motifs is 1. The number of hydrogen-bond donors (Lipinski definition) is 2. The molecule has 2 amide bonds. The summed E-state index contributed by atoms with van der Waals surface area (Å²) in [5.74, 6) is -0.0922. The summed E-state index contributed by atoms with van der Waals surface area (Å²) in [6.45, 7) is 2.08. The van der Waals surface area contributed by atoms with Crippen LogP contribution in [-0.4, -0.2) is 41.7 Å². The Balaban J connectivity index is 1.44. The molecule has 1 atom stereocenters. The van der Waals surface area contributed by atoms with E-state index in [1.54, 1.807) is 19.2 Å². The summed E-state index contributed by atoms with van der Waals surface area (Å²) < 4.78 is 6.60. The van der Waals surface area contributed by atoms with Crippen molar-refractivity contribution in [2.45, 2.75) is 19.4 Å². The number of aromatic amines is 1. The molecule has 30 heavy (non-hydrogen) atoms. The summed E-state index contributed by atoms with van der Waals surface area (Å²) in [4.78, 5) is 27.0. The van der Waals surface area contributed by atoms with Crippen molar-refractivity contribution in [2.75, 3.05) is 18.6 Å². The standard InChI is InChI=1S/C22H21BrN4O3/c1-13-3-5-14(6-4-13)9-16-11-17(26-25-16)21(28)24-18-12-30-20-8-7-15(23)10-19(20)27(2)22(18)29/h3-8,10-11,18H,9,12H2,1-2H3,(H,24,28)(H,25,26)/t18-/m1/s1. The molecule has 2 aromatic carbocycles. The molecule has 0 spiro atoms. The molecule has 2 heterocycles. The van der Waals surface area contributed by atoms with E-state index in [1.807, 2.05) is 43.3 Å². The number of H-pyrrole nitrogens is 1. The smallest absolute Gasteiger partial charge is 0.272 e. The fourth-order valence-corrected chi connectivity index (χ4v) is 3.65. The van der Waals surface area contributed by atoms with E-state index in [1.165, 1.54) is 10.5 Å². The number of aromatic nitrogens is 2.